The van der Waals surface area contributed by atoms with Crippen molar-refractivity contribution in [1.82, 2.24) is 0 Å². The minimum Gasteiger partial charge on any atom is -0.298 e. The van der Waals surface area contributed by atoms with Gasteiger partial charge in [-0.15, -0.1) is 12.6 Å². The highest BCUT2D eigenvalue weighted by molar-refractivity contribution is 9.09. The van der Waals surface area contributed by atoms with Crippen LogP contribution in [0.2, 0.25) is 5.02 Å². The smallest absolute Gasteiger partial charge is 0.147 e. The van der Waals surface area contributed by atoms with Gasteiger partial charge < -0.3 is 0 Å². The third kappa shape index (κ3) is 3.01. The van der Waals surface area contributed by atoms with Gasteiger partial charge in [-0.2, -0.15) is 0 Å². The fourth-order valence-electron chi connectivity index (χ4n) is 0.967. The Kier molecular flexibility index (Phi) is 4.29. The second kappa shape index (κ2) is 5.03. The molecule has 0 saturated carbocycles. The summed E-state index contributed by atoms with van der Waals surface area (Å²) in [4.78, 5) is 11.9. The number of hydrogen-bond donors (Lipinski definition) is 1. The predicted molar refractivity (Wildman–Crippen MR) is 61.2 cm³/mol. The molecule has 0 radical (unpaired) electrons. The van der Waals surface area contributed by atoms with Crippen LogP contribution in [0.15, 0.2) is 23.1 Å². The fraction of sp³-hybridized carbons (Fsp3) is 0.222. The molecular weight excluding hydrogens is 272 g/mol. The quantitative estimate of drug-likeness (QED) is 0.664. The van der Waals surface area contributed by atoms with Crippen molar-refractivity contribution in [2.24, 2.45) is 0 Å². The zero-order valence-corrected chi connectivity index (χ0v) is 9.99. The lowest BCUT2D eigenvalue weighted by Crippen LogP contribution is -2.04. The zero-order valence-electron chi connectivity index (χ0n) is 6.76. The molecule has 0 saturated heterocycles. The summed E-state index contributed by atoms with van der Waals surface area (Å²) in [5.41, 5.74) is 0.803. The number of carbonyl (C=O) groups is 1. The predicted octanol–water partition coefficient (Wildman–Crippen LogP) is 3.14. The Balaban J connectivity index is 2.93. The van der Waals surface area contributed by atoms with Crippen molar-refractivity contribution in [3.05, 3.63) is 28.8 Å². The zero-order chi connectivity index (χ0) is 9.84. The van der Waals surface area contributed by atoms with Crippen LogP contribution in [0, 0.1) is 0 Å². The van der Waals surface area contributed by atoms with Crippen LogP contribution in [0.3, 0.4) is 0 Å². The van der Waals surface area contributed by atoms with Crippen molar-refractivity contribution >= 4 is 45.9 Å². The van der Waals surface area contributed by atoms with E-state index >= 15 is 0 Å². The van der Waals surface area contributed by atoms with Gasteiger partial charge in [-0.25, -0.2) is 0 Å². The number of hydrogen-bond acceptors (Lipinski definition) is 2. The highest BCUT2D eigenvalue weighted by atomic mass is 79.9. The molecule has 0 atom stereocenters. The van der Waals surface area contributed by atoms with Gasteiger partial charge in [-0.1, -0.05) is 33.6 Å². The van der Waals surface area contributed by atoms with Gasteiger partial charge in [-0.05, 0) is 17.7 Å². The van der Waals surface area contributed by atoms with Crippen molar-refractivity contribution < 1.29 is 4.79 Å². The number of Topliss-reactive ketones (excluding diaryl/α,β-unsaturated/α-hetero) is 1. The number of thiol groups is 1. The number of alkyl halides is 1. The molecule has 70 valence electrons. The van der Waals surface area contributed by atoms with E-state index in [1.54, 1.807) is 6.07 Å². The van der Waals surface area contributed by atoms with Crippen LogP contribution in [0.25, 0.3) is 0 Å². The van der Waals surface area contributed by atoms with E-state index in [1.165, 1.54) is 0 Å². The molecule has 1 nitrogen and oxygen atoms in total. The van der Waals surface area contributed by atoms with Crippen molar-refractivity contribution in [2.75, 3.05) is 5.33 Å². The maximum Gasteiger partial charge on any atom is 0.147 e. The first-order valence-electron chi connectivity index (χ1n) is 3.69. The summed E-state index contributed by atoms with van der Waals surface area (Å²) in [6.07, 6.45) is 0.337. The Labute approximate surface area is 96.0 Å². The van der Waals surface area contributed by atoms with E-state index in [0.717, 1.165) is 10.5 Å². The number of carbonyl (C=O) groups excluding carboxylic acids is 1. The molecule has 0 N–H and O–H groups in total. The Bertz CT molecular complexity index is 307. The lowest BCUT2D eigenvalue weighted by atomic mass is 10.1. The third-order valence-corrected chi connectivity index (χ3v) is 3.02. The highest BCUT2D eigenvalue weighted by Crippen LogP contribution is 2.23. The molecule has 13 heavy (non-hydrogen) atoms. The molecule has 1 aromatic rings. The molecule has 0 aliphatic heterocycles. The van der Waals surface area contributed by atoms with E-state index in [9.17, 15) is 4.79 Å². The first-order chi connectivity index (χ1) is 6.15. The molecule has 1 rings (SSSR count). The normalized spacial score (nSPS) is 10.1. The average Bonchev–Trinajstić information content (AvgIpc) is 2.11. The number of ketones is 1. The molecule has 0 aromatic heterocycles. The lowest BCUT2D eigenvalue weighted by Gasteiger charge is -2.04. The molecule has 0 aliphatic rings. The SMILES string of the molecule is O=C(CBr)Cc1c(S)cccc1Cl. The maximum absolute atomic E-state index is 11.1. The molecule has 0 heterocycles. The Morgan fingerprint density at radius 3 is 2.77 bits per heavy atom. The van der Waals surface area contributed by atoms with Crippen molar-refractivity contribution in [3.8, 4) is 0 Å². The van der Waals surface area contributed by atoms with E-state index in [4.69, 9.17) is 11.6 Å². The van der Waals surface area contributed by atoms with Crippen LogP contribution in [0.5, 0.6) is 0 Å². The summed E-state index contributed by atoms with van der Waals surface area (Å²) in [7, 11) is 0. The topological polar surface area (TPSA) is 17.1 Å². The average molecular weight is 280 g/mol. The van der Waals surface area contributed by atoms with E-state index in [-0.39, 0.29) is 5.78 Å². The van der Waals surface area contributed by atoms with Gasteiger partial charge in [0, 0.05) is 16.3 Å². The first kappa shape index (κ1) is 11.1. The monoisotopic (exact) mass is 278 g/mol. The van der Waals surface area contributed by atoms with Crippen molar-refractivity contribution in [3.63, 3.8) is 0 Å². The van der Waals surface area contributed by atoms with Gasteiger partial charge >= 0.3 is 0 Å². The third-order valence-electron chi connectivity index (χ3n) is 1.62. The van der Waals surface area contributed by atoms with Crippen LogP contribution in [0.4, 0.5) is 0 Å². The molecular formula is C9H8BrClOS. The van der Waals surface area contributed by atoms with Crippen molar-refractivity contribution in [2.45, 2.75) is 11.3 Å². The summed E-state index contributed by atoms with van der Waals surface area (Å²) in [5, 5.41) is 0.952. The second-order valence-electron chi connectivity index (χ2n) is 2.59. The summed E-state index contributed by atoms with van der Waals surface area (Å²) >= 11 is 13.2. The molecule has 0 fully saturated rings. The molecule has 0 spiro atoms. The van der Waals surface area contributed by atoms with Crippen molar-refractivity contribution in [1.29, 1.82) is 0 Å². The van der Waals surface area contributed by atoms with E-state index < -0.39 is 0 Å². The number of halogens is 2. The summed E-state index contributed by atoms with van der Waals surface area (Å²) in [6, 6.07) is 5.40. The van der Waals surface area contributed by atoms with Crippen LogP contribution in [-0.2, 0) is 11.2 Å². The Morgan fingerprint density at radius 1 is 1.54 bits per heavy atom. The van der Waals surface area contributed by atoms with E-state index in [2.05, 4.69) is 28.6 Å². The largest absolute Gasteiger partial charge is 0.298 e. The van der Waals surface area contributed by atoms with Gasteiger partial charge in [0.25, 0.3) is 0 Å². The Hall–Kier alpha value is 0.01000. The van der Waals surface area contributed by atoms with E-state index in [1.807, 2.05) is 12.1 Å². The minimum absolute atomic E-state index is 0.100. The van der Waals surface area contributed by atoms with Gasteiger partial charge in [0.1, 0.15) is 5.78 Å². The molecule has 0 aliphatic carbocycles. The van der Waals surface area contributed by atoms with E-state index in [0.29, 0.717) is 16.8 Å². The standard InChI is InChI=1S/C9H8BrClOS/c10-5-6(12)4-7-8(11)2-1-3-9(7)13/h1-3,13H,4-5H2. The second-order valence-corrected chi connectivity index (χ2v) is 4.04. The van der Waals surface area contributed by atoms with Crippen LogP contribution >= 0.6 is 40.2 Å². The van der Waals surface area contributed by atoms with Gasteiger partial charge in [0.05, 0.1) is 5.33 Å². The Morgan fingerprint density at radius 2 is 2.23 bits per heavy atom. The number of rotatable bonds is 3. The van der Waals surface area contributed by atoms with Crippen LogP contribution in [0.1, 0.15) is 5.56 Å². The van der Waals surface area contributed by atoms with Gasteiger partial charge in [0.2, 0.25) is 0 Å². The highest BCUT2D eigenvalue weighted by Gasteiger charge is 2.08. The fourth-order valence-corrected chi connectivity index (χ4v) is 1.76. The molecule has 4 heteroatoms. The van der Waals surface area contributed by atoms with Crippen LogP contribution < -0.4 is 0 Å². The summed E-state index contributed by atoms with van der Waals surface area (Å²) < 4.78 is 0. The first-order valence-corrected chi connectivity index (χ1v) is 5.64. The van der Waals surface area contributed by atoms with Gasteiger partial charge in [-0.3, -0.25) is 4.79 Å². The molecule has 1 aromatic carbocycles. The van der Waals surface area contributed by atoms with Gasteiger partial charge in [0.15, 0.2) is 0 Å². The summed E-state index contributed by atoms with van der Waals surface area (Å²) in [5.74, 6) is 0.100. The minimum atomic E-state index is 0.100. The lowest BCUT2D eigenvalue weighted by molar-refractivity contribution is -0.115. The molecule has 0 bridgehead atoms. The van der Waals surface area contributed by atoms with Crippen LogP contribution in [-0.4, -0.2) is 11.1 Å². The number of benzene rings is 1. The summed E-state index contributed by atoms with van der Waals surface area (Å²) in [6.45, 7) is 0. The maximum atomic E-state index is 11.1. The molecule has 0 amide bonds. The molecule has 0 unspecified atom stereocenters.